The van der Waals surface area contributed by atoms with Gasteiger partial charge in [0.1, 0.15) is 5.82 Å². The van der Waals surface area contributed by atoms with Crippen molar-refractivity contribution < 1.29 is 10.0 Å². The molecule has 0 fully saturated rings. The fourth-order valence-corrected chi connectivity index (χ4v) is 1.76. The second-order valence-electron chi connectivity index (χ2n) is 4.42. The second kappa shape index (κ2) is 6.12. The Hall–Kier alpha value is -2.47. The molecule has 0 saturated carbocycles. The van der Waals surface area contributed by atoms with E-state index in [0.717, 1.165) is 0 Å². The Kier molecular flexibility index (Phi) is 4.27. The summed E-state index contributed by atoms with van der Waals surface area (Å²) in [7, 11) is 0. The SMILES string of the molecule is CC(O)CNc1ccc([N+](=O)[O-])c(-c2ccccc2)n1. The van der Waals surface area contributed by atoms with Crippen molar-refractivity contribution in [3.8, 4) is 11.3 Å². The first kappa shape index (κ1) is 14.0. The Morgan fingerprint density at radius 2 is 2.00 bits per heavy atom. The number of aromatic nitrogens is 1. The molecule has 2 aromatic rings. The van der Waals surface area contributed by atoms with Gasteiger partial charge in [-0.05, 0) is 13.0 Å². The van der Waals surface area contributed by atoms with Crippen molar-refractivity contribution in [3.05, 3.63) is 52.6 Å². The Bertz CT molecular complexity index is 600. The van der Waals surface area contributed by atoms with Crippen LogP contribution in [0.1, 0.15) is 6.92 Å². The van der Waals surface area contributed by atoms with E-state index < -0.39 is 11.0 Å². The van der Waals surface area contributed by atoms with E-state index in [2.05, 4.69) is 10.3 Å². The van der Waals surface area contributed by atoms with Crippen molar-refractivity contribution in [2.75, 3.05) is 11.9 Å². The molecule has 0 saturated heterocycles. The molecule has 0 aliphatic heterocycles. The van der Waals surface area contributed by atoms with Gasteiger partial charge in [-0.1, -0.05) is 30.3 Å². The summed E-state index contributed by atoms with van der Waals surface area (Å²) in [4.78, 5) is 14.9. The molecule has 1 heterocycles. The van der Waals surface area contributed by atoms with Crippen LogP contribution in [0.15, 0.2) is 42.5 Å². The summed E-state index contributed by atoms with van der Waals surface area (Å²) in [5.74, 6) is 0.496. The van der Waals surface area contributed by atoms with Crippen LogP contribution in [-0.2, 0) is 0 Å². The molecule has 1 unspecified atom stereocenters. The van der Waals surface area contributed by atoms with Gasteiger partial charge >= 0.3 is 0 Å². The minimum atomic E-state index is -0.521. The monoisotopic (exact) mass is 273 g/mol. The van der Waals surface area contributed by atoms with Gasteiger partial charge in [0.2, 0.25) is 0 Å². The fourth-order valence-electron chi connectivity index (χ4n) is 1.76. The van der Waals surface area contributed by atoms with Crippen molar-refractivity contribution in [1.29, 1.82) is 0 Å². The first-order chi connectivity index (χ1) is 9.58. The average Bonchev–Trinajstić information content (AvgIpc) is 2.45. The molecule has 20 heavy (non-hydrogen) atoms. The molecule has 0 aliphatic rings. The van der Waals surface area contributed by atoms with Crippen LogP contribution in [0.4, 0.5) is 11.5 Å². The topological polar surface area (TPSA) is 88.3 Å². The lowest BCUT2D eigenvalue weighted by atomic mass is 10.1. The van der Waals surface area contributed by atoms with Crippen LogP contribution in [0.25, 0.3) is 11.3 Å². The fraction of sp³-hybridized carbons (Fsp3) is 0.214. The lowest BCUT2D eigenvalue weighted by molar-refractivity contribution is -0.384. The van der Waals surface area contributed by atoms with E-state index in [1.165, 1.54) is 12.1 Å². The number of pyridine rings is 1. The second-order valence-corrected chi connectivity index (χ2v) is 4.42. The highest BCUT2D eigenvalue weighted by Crippen LogP contribution is 2.29. The van der Waals surface area contributed by atoms with Crippen molar-refractivity contribution >= 4 is 11.5 Å². The molecule has 2 rings (SSSR count). The van der Waals surface area contributed by atoms with Gasteiger partial charge < -0.3 is 10.4 Å². The van der Waals surface area contributed by atoms with Crippen molar-refractivity contribution in [2.45, 2.75) is 13.0 Å². The number of nitrogens with zero attached hydrogens (tertiary/aromatic N) is 2. The number of nitro groups is 1. The maximum absolute atomic E-state index is 11.1. The standard InChI is InChI=1S/C14H15N3O3/c1-10(18)9-15-13-8-7-12(17(19)20)14(16-13)11-5-3-2-4-6-11/h2-8,10,18H,9H2,1H3,(H,15,16). The third-order valence-corrected chi connectivity index (χ3v) is 2.70. The quantitative estimate of drug-likeness (QED) is 0.645. The summed E-state index contributed by atoms with van der Waals surface area (Å²) < 4.78 is 0. The van der Waals surface area contributed by atoms with Crippen LogP contribution in [0.5, 0.6) is 0 Å². The molecule has 2 N–H and O–H groups in total. The predicted octanol–water partition coefficient (Wildman–Crippen LogP) is 2.45. The van der Waals surface area contributed by atoms with Crippen molar-refractivity contribution in [2.24, 2.45) is 0 Å². The lowest BCUT2D eigenvalue weighted by Gasteiger charge is -2.09. The number of rotatable bonds is 5. The predicted molar refractivity (Wildman–Crippen MR) is 76.5 cm³/mol. The third kappa shape index (κ3) is 3.30. The molecule has 0 radical (unpaired) electrons. The molecule has 1 aromatic carbocycles. The van der Waals surface area contributed by atoms with Crippen LogP contribution >= 0.6 is 0 Å². The molecule has 0 aliphatic carbocycles. The van der Waals surface area contributed by atoms with Gasteiger partial charge in [-0.2, -0.15) is 0 Å². The van der Waals surface area contributed by atoms with Crippen molar-refractivity contribution in [3.63, 3.8) is 0 Å². The summed E-state index contributed by atoms with van der Waals surface area (Å²) in [5, 5.41) is 23.3. The highest BCUT2D eigenvalue weighted by Gasteiger charge is 2.17. The van der Waals surface area contributed by atoms with E-state index in [1.807, 2.05) is 6.07 Å². The maximum atomic E-state index is 11.1. The molecule has 0 amide bonds. The third-order valence-electron chi connectivity index (χ3n) is 2.70. The summed E-state index contributed by atoms with van der Waals surface area (Å²) in [6.07, 6.45) is -0.521. The van der Waals surface area contributed by atoms with Gasteiger partial charge in [-0.3, -0.25) is 10.1 Å². The minimum absolute atomic E-state index is 0.0428. The number of aliphatic hydroxyl groups is 1. The molecular formula is C14H15N3O3. The zero-order valence-electron chi connectivity index (χ0n) is 11.0. The molecule has 0 spiro atoms. The van der Waals surface area contributed by atoms with E-state index >= 15 is 0 Å². The maximum Gasteiger partial charge on any atom is 0.295 e. The largest absolute Gasteiger partial charge is 0.392 e. The van der Waals surface area contributed by atoms with E-state index in [1.54, 1.807) is 31.2 Å². The van der Waals surface area contributed by atoms with Crippen LogP contribution in [0.2, 0.25) is 0 Å². The Balaban J connectivity index is 2.40. The summed E-state index contributed by atoms with van der Waals surface area (Å²) in [6, 6.07) is 11.9. The van der Waals surface area contributed by atoms with E-state index in [9.17, 15) is 15.2 Å². The highest BCUT2D eigenvalue weighted by molar-refractivity contribution is 5.71. The van der Waals surface area contributed by atoms with E-state index in [-0.39, 0.29) is 5.69 Å². The van der Waals surface area contributed by atoms with Crippen molar-refractivity contribution in [1.82, 2.24) is 4.98 Å². The number of aliphatic hydroxyl groups excluding tert-OH is 1. The Morgan fingerprint density at radius 3 is 2.60 bits per heavy atom. The van der Waals surface area contributed by atoms with Gasteiger partial charge in [0.25, 0.3) is 5.69 Å². The number of benzene rings is 1. The van der Waals surface area contributed by atoms with Gasteiger partial charge in [0.15, 0.2) is 5.69 Å². The molecule has 104 valence electrons. The first-order valence-electron chi connectivity index (χ1n) is 6.20. The average molecular weight is 273 g/mol. The van der Waals surface area contributed by atoms with Gasteiger partial charge in [-0.15, -0.1) is 0 Å². The van der Waals surface area contributed by atoms with E-state index in [4.69, 9.17) is 0 Å². The zero-order chi connectivity index (χ0) is 14.5. The minimum Gasteiger partial charge on any atom is -0.392 e. The lowest BCUT2D eigenvalue weighted by Crippen LogP contribution is -2.16. The summed E-state index contributed by atoms with van der Waals surface area (Å²) >= 11 is 0. The van der Waals surface area contributed by atoms with Gasteiger partial charge in [0, 0.05) is 18.2 Å². The normalized spacial score (nSPS) is 11.9. The number of anilines is 1. The molecule has 6 nitrogen and oxygen atoms in total. The van der Waals surface area contributed by atoms with E-state index in [0.29, 0.717) is 23.6 Å². The van der Waals surface area contributed by atoms with Gasteiger partial charge in [0.05, 0.1) is 11.0 Å². The first-order valence-corrected chi connectivity index (χ1v) is 6.20. The number of nitrogens with one attached hydrogen (secondary N) is 1. The Labute approximate surface area is 116 Å². The summed E-state index contributed by atoms with van der Waals surface area (Å²) in [6.45, 7) is 1.98. The summed E-state index contributed by atoms with van der Waals surface area (Å²) in [5.41, 5.74) is 0.949. The van der Waals surface area contributed by atoms with Crippen LogP contribution in [0.3, 0.4) is 0 Å². The highest BCUT2D eigenvalue weighted by atomic mass is 16.6. The smallest absolute Gasteiger partial charge is 0.295 e. The Morgan fingerprint density at radius 1 is 1.30 bits per heavy atom. The van der Waals surface area contributed by atoms with Crippen LogP contribution < -0.4 is 5.32 Å². The number of hydrogen-bond acceptors (Lipinski definition) is 5. The molecule has 1 aromatic heterocycles. The number of hydrogen-bond donors (Lipinski definition) is 2. The van der Waals surface area contributed by atoms with Crippen LogP contribution in [-0.4, -0.2) is 27.7 Å². The molecule has 6 heteroatoms. The van der Waals surface area contributed by atoms with Crippen LogP contribution in [0, 0.1) is 10.1 Å². The van der Waals surface area contributed by atoms with Gasteiger partial charge in [-0.25, -0.2) is 4.98 Å². The zero-order valence-corrected chi connectivity index (χ0v) is 11.0. The molecule has 1 atom stereocenters. The molecule has 0 bridgehead atoms. The molecular weight excluding hydrogens is 258 g/mol.